The molecule has 0 atom stereocenters. The molecule has 0 N–H and O–H groups in total. The molecule has 1 heterocycles. The van der Waals surface area contributed by atoms with Gasteiger partial charge in [-0.15, -0.1) is 12.6 Å². The highest BCUT2D eigenvalue weighted by Crippen LogP contribution is 2.20. The highest BCUT2D eigenvalue weighted by atomic mass is 32.1. The number of rotatable bonds is 3. The van der Waals surface area contributed by atoms with Gasteiger partial charge < -0.3 is 9.80 Å². The molecule has 0 spiro atoms. The van der Waals surface area contributed by atoms with Crippen molar-refractivity contribution >= 4 is 18.5 Å². The Hall–Kier alpha value is -1.00. The van der Waals surface area contributed by atoms with Crippen LogP contribution in [0.25, 0.3) is 0 Å². The molecule has 0 aromatic heterocycles. The van der Waals surface area contributed by atoms with E-state index in [9.17, 15) is 4.79 Å². The summed E-state index contributed by atoms with van der Waals surface area (Å²) in [6.45, 7) is 2.87. The summed E-state index contributed by atoms with van der Waals surface area (Å²) in [5.41, 5.74) is 0.767. The van der Waals surface area contributed by atoms with Crippen LogP contribution in [0.3, 0.4) is 0 Å². The van der Waals surface area contributed by atoms with Gasteiger partial charge in [-0.1, -0.05) is 0 Å². The number of nitrogens with zero attached hydrogens (tertiary/aromatic N) is 2. The molecule has 1 aliphatic heterocycles. The Morgan fingerprint density at radius 1 is 1.26 bits per heavy atom. The molecule has 0 aliphatic carbocycles. The summed E-state index contributed by atoms with van der Waals surface area (Å²) in [6, 6.07) is 7.46. The largest absolute Gasteiger partial charge is 0.339 e. The second-order valence-corrected chi connectivity index (χ2v) is 6.06. The van der Waals surface area contributed by atoms with Gasteiger partial charge in [-0.2, -0.15) is 0 Å². The van der Waals surface area contributed by atoms with Crippen molar-refractivity contribution in [3.05, 3.63) is 29.8 Å². The summed E-state index contributed by atoms with van der Waals surface area (Å²) in [4.78, 5) is 17.4. The second-order valence-electron chi connectivity index (χ2n) is 5.54. The first kappa shape index (κ1) is 14.4. The second kappa shape index (κ2) is 6.44. The van der Waals surface area contributed by atoms with Crippen molar-refractivity contribution in [1.29, 1.82) is 0 Å². The number of hydrogen-bond acceptors (Lipinski definition) is 3. The van der Waals surface area contributed by atoms with Gasteiger partial charge in [0.25, 0.3) is 5.91 Å². The highest BCUT2D eigenvalue weighted by Gasteiger charge is 2.23. The van der Waals surface area contributed by atoms with Crippen LogP contribution in [0.4, 0.5) is 0 Å². The lowest BCUT2D eigenvalue weighted by molar-refractivity contribution is 0.0678. The van der Waals surface area contributed by atoms with E-state index in [1.54, 1.807) is 0 Å². The predicted octanol–water partition coefficient (Wildman–Crippen LogP) is 2.39. The molecular weight excluding hydrogens is 256 g/mol. The maximum atomic E-state index is 12.3. The van der Waals surface area contributed by atoms with E-state index >= 15 is 0 Å². The zero-order valence-electron chi connectivity index (χ0n) is 11.7. The first-order valence-electron chi connectivity index (χ1n) is 6.79. The van der Waals surface area contributed by atoms with E-state index < -0.39 is 0 Å². The van der Waals surface area contributed by atoms with E-state index in [1.165, 1.54) is 0 Å². The number of likely N-dealkylation sites (tertiary alicyclic amines) is 1. The molecule has 1 amide bonds. The molecule has 19 heavy (non-hydrogen) atoms. The van der Waals surface area contributed by atoms with E-state index in [0.717, 1.165) is 48.9 Å². The number of hydrogen-bond donors (Lipinski definition) is 1. The Morgan fingerprint density at radius 3 is 2.37 bits per heavy atom. The average molecular weight is 278 g/mol. The van der Waals surface area contributed by atoms with Gasteiger partial charge in [0.2, 0.25) is 0 Å². The minimum atomic E-state index is 0.150. The molecule has 0 bridgehead atoms. The van der Waals surface area contributed by atoms with Crippen molar-refractivity contribution in [2.75, 3.05) is 33.7 Å². The minimum Gasteiger partial charge on any atom is -0.339 e. The van der Waals surface area contributed by atoms with E-state index in [1.807, 2.05) is 29.2 Å². The fraction of sp³-hybridized carbons (Fsp3) is 0.533. The van der Waals surface area contributed by atoms with E-state index in [2.05, 4.69) is 31.6 Å². The van der Waals surface area contributed by atoms with Gasteiger partial charge >= 0.3 is 0 Å². The molecule has 0 unspecified atom stereocenters. The van der Waals surface area contributed by atoms with Crippen LogP contribution in [0.1, 0.15) is 23.2 Å². The maximum absolute atomic E-state index is 12.3. The summed E-state index contributed by atoms with van der Waals surface area (Å²) in [5, 5.41) is 0. The van der Waals surface area contributed by atoms with Gasteiger partial charge in [-0.3, -0.25) is 4.79 Å². The van der Waals surface area contributed by atoms with Crippen molar-refractivity contribution in [2.24, 2.45) is 5.92 Å². The van der Waals surface area contributed by atoms with Gasteiger partial charge in [-0.25, -0.2) is 0 Å². The molecule has 0 radical (unpaired) electrons. The summed E-state index contributed by atoms with van der Waals surface area (Å²) in [7, 11) is 4.22. The van der Waals surface area contributed by atoms with Gasteiger partial charge in [0.15, 0.2) is 0 Å². The summed E-state index contributed by atoms with van der Waals surface area (Å²) >= 11 is 4.24. The molecule has 3 nitrogen and oxygen atoms in total. The molecule has 1 aliphatic rings. The topological polar surface area (TPSA) is 23.6 Å². The predicted molar refractivity (Wildman–Crippen MR) is 80.9 cm³/mol. The third-order valence-electron chi connectivity index (χ3n) is 3.64. The van der Waals surface area contributed by atoms with Gasteiger partial charge in [0.05, 0.1) is 0 Å². The SMILES string of the molecule is CN(C)CC1CCN(C(=O)c2ccc(S)cc2)CC1. The van der Waals surface area contributed by atoms with Crippen molar-refractivity contribution in [3.63, 3.8) is 0 Å². The average Bonchev–Trinajstić information content (AvgIpc) is 2.39. The highest BCUT2D eigenvalue weighted by molar-refractivity contribution is 7.80. The number of thiol groups is 1. The van der Waals surface area contributed by atoms with Crippen molar-refractivity contribution in [2.45, 2.75) is 17.7 Å². The van der Waals surface area contributed by atoms with Crippen LogP contribution in [0.2, 0.25) is 0 Å². The first-order valence-corrected chi connectivity index (χ1v) is 7.24. The van der Waals surface area contributed by atoms with Crippen LogP contribution in [-0.4, -0.2) is 49.4 Å². The molecule has 1 fully saturated rings. The molecular formula is C15H22N2OS. The molecule has 0 saturated carbocycles. The Morgan fingerprint density at radius 2 is 1.84 bits per heavy atom. The third-order valence-corrected chi connectivity index (χ3v) is 3.94. The third kappa shape index (κ3) is 3.98. The smallest absolute Gasteiger partial charge is 0.253 e. The quantitative estimate of drug-likeness (QED) is 0.858. The fourth-order valence-corrected chi connectivity index (χ4v) is 2.77. The zero-order valence-corrected chi connectivity index (χ0v) is 12.6. The van der Waals surface area contributed by atoms with E-state index in [4.69, 9.17) is 0 Å². The van der Waals surface area contributed by atoms with Gasteiger partial charge in [-0.05, 0) is 57.1 Å². The number of benzene rings is 1. The Bertz CT molecular complexity index is 422. The first-order chi connectivity index (χ1) is 9.06. The van der Waals surface area contributed by atoms with Crippen LogP contribution < -0.4 is 0 Å². The standard InChI is InChI=1S/C15H22N2OS/c1-16(2)11-12-7-9-17(10-8-12)15(18)13-3-5-14(19)6-4-13/h3-6,12,19H,7-11H2,1-2H3. The van der Waals surface area contributed by atoms with Crippen LogP contribution in [0, 0.1) is 5.92 Å². The summed E-state index contributed by atoms with van der Waals surface area (Å²) in [6.07, 6.45) is 2.21. The van der Waals surface area contributed by atoms with Crippen LogP contribution >= 0.6 is 12.6 Å². The molecule has 1 aromatic carbocycles. The molecule has 1 aromatic rings. The molecule has 104 valence electrons. The van der Waals surface area contributed by atoms with Gasteiger partial charge in [0, 0.05) is 30.1 Å². The van der Waals surface area contributed by atoms with Gasteiger partial charge in [0.1, 0.15) is 0 Å². The summed E-state index contributed by atoms with van der Waals surface area (Å²) < 4.78 is 0. The maximum Gasteiger partial charge on any atom is 0.253 e. The Labute approximate surface area is 121 Å². The minimum absolute atomic E-state index is 0.150. The fourth-order valence-electron chi connectivity index (χ4n) is 2.62. The van der Waals surface area contributed by atoms with Crippen LogP contribution in [0.15, 0.2) is 29.2 Å². The number of amides is 1. The van der Waals surface area contributed by atoms with Crippen LogP contribution in [0.5, 0.6) is 0 Å². The van der Waals surface area contributed by atoms with Crippen molar-refractivity contribution in [3.8, 4) is 0 Å². The van der Waals surface area contributed by atoms with E-state index in [0.29, 0.717) is 0 Å². The number of piperidine rings is 1. The number of carbonyl (C=O) groups is 1. The number of carbonyl (C=O) groups excluding carboxylic acids is 1. The Kier molecular flexibility index (Phi) is 4.88. The normalized spacial score (nSPS) is 16.9. The molecule has 4 heteroatoms. The zero-order chi connectivity index (χ0) is 13.8. The summed E-state index contributed by atoms with van der Waals surface area (Å²) in [5.74, 6) is 0.871. The lowest BCUT2D eigenvalue weighted by Crippen LogP contribution is -2.40. The lowest BCUT2D eigenvalue weighted by atomic mass is 9.96. The van der Waals surface area contributed by atoms with Crippen LogP contribution in [-0.2, 0) is 0 Å². The van der Waals surface area contributed by atoms with Crippen molar-refractivity contribution in [1.82, 2.24) is 9.80 Å². The molecule has 1 saturated heterocycles. The van der Waals surface area contributed by atoms with E-state index in [-0.39, 0.29) is 5.91 Å². The van der Waals surface area contributed by atoms with Crippen molar-refractivity contribution < 1.29 is 4.79 Å². The monoisotopic (exact) mass is 278 g/mol. The molecule has 2 rings (SSSR count). The Balaban J connectivity index is 1.90. The lowest BCUT2D eigenvalue weighted by Gasteiger charge is -2.33.